The molecule has 0 aliphatic carbocycles. The molecule has 0 radical (unpaired) electrons. The Hall–Kier alpha value is -2.15. The minimum Gasteiger partial charge on any atom is -0.396 e. The molecule has 0 spiro atoms. The fraction of sp³-hybridized carbons (Fsp3) is 0.364. The lowest BCUT2D eigenvalue weighted by molar-refractivity contribution is -0.383. The van der Waals surface area contributed by atoms with E-state index < -0.39 is 10.8 Å². The van der Waals surface area contributed by atoms with Crippen LogP contribution in [0.25, 0.3) is 0 Å². The van der Waals surface area contributed by atoms with Crippen molar-refractivity contribution in [1.82, 2.24) is 5.32 Å². The van der Waals surface area contributed by atoms with Crippen LogP contribution in [0.15, 0.2) is 18.2 Å². The van der Waals surface area contributed by atoms with Crippen molar-refractivity contribution in [1.29, 1.82) is 0 Å². The smallest absolute Gasteiger partial charge is 0.292 e. The molecule has 0 bridgehead atoms. The molecule has 0 aliphatic heterocycles. The Morgan fingerprint density at radius 2 is 2.28 bits per heavy atom. The molecule has 0 fully saturated rings. The normalized spacial score (nSPS) is 11.9. The Kier molecular flexibility index (Phi) is 4.61. The summed E-state index contributed by atoms with van der Waals surface area (Å²) in [7, 11) is 0. The summed E-state index contributed by atoms with van der Waals surface area (Å²) in [4.78, 5) is 21.8. The van der Waals surface area contributed by atoms with Gasteiger partial charge in [-0.1, -0.05) is 0 Å². The van der Waals surface area contributed by atoms with E-state index in [2.05, 4.69) is 5.32 Å². The molecule has 1 atom stereocenters. The van der Waals surface area contributed by atoms with E-state index in [0.717, 1.165) is 6.07 Å². The van der Waals surface area contributed by atoms with Crippen LogP contribution in [0.2, 0.25) is 0 Å². The second-order valence-corrected chi connectivity index (χ2v) is 3.92. The summed E-state index contributed by atoms with van der Waals surface area (Å²) in [6, 6.07) is 3.67. The highest BCUT2D eigenvalue weighted by Crippen LogP contribution is 2.22. The lowest BCUT2D eigenvalue weighted by Gasteiger charge is -2.12. The first-order valence-electron chi connectivity index (χ1n) is 5.41. The van der Waals surface area contributed by atoms with Gasteiger partial charge in [-0.05, 0) is 25.5 Å². The van der Waals surface area contributed by atoms with Crippen molar-refractivity contribution in [3.8, 4) is 0 Å². The van der Waals surface area contributed by atoms with E-state index in [4.69, 9.17) is 10.8 Å². The number of nitro groups is 1. The van der Waals surface area contributed by atoms with Gasteiger partial charge in [-0.2, -0.15) is 0 Å². The summed E-state index contributed by atoms with van der Waals surface area (Å²) in [6.45, 7) is 1.70. The fourth-order valence-corrected chi connectivity index (χ4v) is 1.42. The maximum atomic E-state index is 11.8. The predicted octanol–water partition coefficient (Wildman–Crippen LogP) is 0.678. The Bertz CT molecular complexity index is 462. The van der Waals surface area contributed by atoms with Gasteiger partial charge in [0.1, 0.15) is 5.69 Å². The van der Waals surface area contributed by atoms with Crippen LogP contribution in [0, 0.1) is 10.1 Å². The molecule has 18 heavy (non-hydrogen) atoms. The number of rotatable bonds is 5. The number of aliphatic hydroxyl groups is 1. The van der Waals surface area contributed by atoms with Gasteiger partial charge in [0.05, 0.1) is 4.92 Å². The fourth-order valence-electron chi connectivity index (χ4n) is 1.42. The summed E-state index contributed by atoms with van der Waals surface area (Å²) in [5, 5.41) is 22.0. The highest BCUT2D eigenvalue weighted by molar-refractivity contribution is 5.95. The number of nitrogen functional groups attached to an aromatic ring is 1. The first-order chi connectivity index (χ1) is 8.45. The van der Waals surface area contributed by atoms with Crippen molar-refractivity contribution in [3.63, 3.8) is 0 Å². The van der Waals surface area contributed by atoms with Gasteiger partial charge < -0.3 is 16.2 Å². The van der Waals surface area contributed by atoms with Crippen molar-refractivity contribution in [3.05, 3.63) is 33.9 Å². The minimum atomic E-state index is -0.636. The Labute approximate surface area is 104 Å². The molecule has 7 nitrogen and oxygen atoms in total. The number of nitrogens with one attached hydrogen (secondary N) is 1. The zero-order chi connectivity index (χ0) is 13.7. The van der Waals surface area contributed by atoms with Crippen LogP contribution in [0.1, 0.15) is 23.7 Å². The molecule has 98 valence electrons. The second-order valence-electron chi connectivity index (χ2n) is 3.92. The molecule has 4 N–H and O–H groups in total. The molecule has 1 rings (SSSR count). The molecule has 1 aromatic carbocycles. The Balaban J connectivity index is 2.87. The predicted molar refractivity (Wildman–Crippen MR) is 66.1 cm³/mol. The first kappa shape index (κ1) is 13.9. The lowest BCUT2D eigenvalue weighted by Crippen LogP contribution is -2.33. The highest BCUT2D eigenvalue weighted by atomic mass is 16.6. The average molecular weight is 253 g/mol. The van der Waals surface area contributed by atoms with Gasteiger partial charge >= 0.3 is 0 Å². The molecular weight excluding hydrogens is 238 g/mol. The van der Waals surface area contributed by atoms with Crippen LogP contribution < -0.4 is 11.1 Å². The van der Waals surface area contributed by atoms with E-state index >= 15 is 0 Å². The minimum absolute atomic E-state index is 0.0138. The number of carbonyl (C=O) groups is 1. The van der Waals surface area contributed by atoms with Gasteiger partial charge in [0.25, 0.3) is 11.6 Å². The number of nitro benzene ring substituents is 1. The third-order valence-electron chi connectivity index (χ3n) is 2.43. The van der Waals surface area contributed by atoms with Crippen molar-refractivity contribution < 1.29 is 14.8 Å². The summed E-state index contributed by atoms with van der Waals surface area (Å²) >= 11 is 0. The number of aliphatic hydroxyl groups excluding tert-OH is 1. The van der Waals surface area contributed by atoms with Crippen LogP contribution in [-0.4, -0.2) is 28.6 Å². The molecule has 0 heterocycles. The number of amides is 1. The van der Waals surface area contributed by atoms with Gasteiger partial charge in [-0.15, -0.1) is 0 Å². The van der Waals surface area contributed by atoms with E-state index in [-0.39, 0.29) is 29.6 Å². The Morgan fingerprint density at radius 1 is 1.61 bits per heavy atom. The molecule has 7 heteroatoms. The second kappa shape index (κ2) is 5.97. The summed E-state index contributed by atoms with van der Waals surface area (Å²) in [5.74, 6) is -0.431. The van der Waals surface area contributed by atoms with E-state index in [1.165, 1.54) is 12.1 Å². The van der Waals surface area contributed by atoms with Crippen molar-refractivity contribution in [2.75, 3.05) is 12.3 Å². The number of nitrogens with two attached hydrogens (primary N) is 1. The lowest BCUT2D eigenvalue weighted by atomic mass is 10.1. The molecule has 0 aromatic heterocycles. The third kappa shape index (κ3) is 3.42. The highest BCUT2D eigenvalue weighted by Gasteiger charge is 2.16. The van der Waals surface area contributed by atoms with Crippen LogP contribution in [0.3, 0.4) is 0 Å². The van der Waals surface area contributed by atoms with Crippen molar-refractivity contribution >= 4 is 17.3 Å². The third-order valence-corrected chi connectivity index (χ3v) is 2.43. The monoisotopic (exact) mass is 253 g/mol. The molecule has 1 unspecified atom stereocenters. The quantitative estimate of drug-likeness (QED) is 0.405. The topological polar surface area (TPSA) is 118 Å². The van der Waals surface area contributed by atoms with E-state index in [1.807, 2.05) is 0 Å². The molecule has 0 aliphatic rings. The number of benzene rings is 1. The SMILES string of the molecule is CC(CCO)NC(=O)c1ccc(N)c([N+](=O)[O-])c1. The largest absolute Gasteiger partial charge is 0.396 e. The molecule has 1 aromatic rings. The summed E-state index contributed by atoms with van der Waals surface area (Å²) in [6.07, 6.45) is 0.419. The number of anilines is 1. The zero-order valence-corrected chi connectivity index (χ0v) is 9.92. The maximum absolute atomic E-state index is 11.8. The van der Waals surface area contributed by atoms with E-state index in [9.17, 15) is 14.9 Å². The first-order valence-corrected chi connectivity index (χ1v) is 5.41. The van der Waals surface area contributed by atoms with Gasteiger partial charge in [0.2, 0.25) is 0 Å². The van der Waals surface area contributed by atoms with Crippen molar-refractivity contribution in [2.24, 2.45) is 0 Å². The van der Waals surface area contributed by atoms with Crippen molar-refractivity contribution in [2.45, 2.75) is 19.4 Å². The van der Waals surface area contributed by atoms with Crippen LogP contribution >= 0.6 is 0 Å². The number of hydrogen-bond acceptors (Lipinski definition) is 5. The number of nitrogens with zero attached hydrogens (tertiary/aromatic N) is 1. The van der Waals surface area contributed by atoms with Crippen LogP contribution in [-0.2, 0) is 0 Å². The maximum Gasteiger partial charge on any atom is 0.292 e. The summed E-state index contributed by atoms with van der Waals surface area (Å²) in [5.41, 5.74) is 5.32. The number of carbonyl (C=O) groups excluding carboxylic acids is 1. The zero-order valence-electron chi connectivity index (χ0n) is 9.92. The molecule has 1 amide bonds. The number of hydrogen-bond donors (Lipinski definition) is 3. The average Bonchev–Trinajstić information content (AvgIpc) is 2.29. The van der Waals surface area contributed by atoms with Gasteiger partial charge in [0, 0.05) is 24.3 Å². The van der Waals surface area contributed by atoms with Gasteiger partial charge in [-0.25, -0.2) is 0 Å². The van der Waals surface area contributed by atoms with Gasteiger partial charge in [-0.3, -0.25) is 14.9 Å². The van der Waals surface area contributed by atoms with E-state index in [0.29, 0.717) is 6.42 Å². The van der Waals surface area contributed by atoms with E-state index in [1.54, 1.807) is 6.92 Å². The molecule has 0 saturated heterocycles. The Morgan fingerprint density at radius 3 is 2.83 bits per heavy atom. The van der Waals surface area contributed by atoms with Crippen LogP contribution in [0.4, 0.5) is 11.4 Å². The van der Waals surface area contributed by atoms with Crippen LogP contribution in [0.5, 0.6) is 0 Å². The standard InChI is InChI=1S/C11H15N3O4/c1-7(4-5-15)13-11(16)8-2-3-9(12)10(6-8)14(17)18/h2-3,6-7,15H,4-5,12H2,1H3,(H,13,16). The molecule has 0 saturated carbocycles. The van der Waals surface area contributed by atoms with Gasteiger partial charge in [0.15, 0.2) is 0 Å². The summed E-state index contributed by atoms with van der Waals surface area (Å²) < 4.78 is 0. The molecular formula is C11H15N3O4.